The van der Waals surface area contributed by atoms with E-state index in [-0.39, 0.29) is 32.0 Å². The Balaban J connectivity index is 1.94. The van der Waals surface area contributed by atoms with E-state index in [0.717, 1.165) is 17.2 Å². The van der Waals surface area contributed by atoms with Crippen molar-refractivity contribution in [1.29, 1.82) is 5.26 Å². The lowest BCUT2D eigenvalue weighted by atomic mass is 9.62. The van der Waals surface area contributed by atoms with E-state index in [0.29, 0.717) is 18.5 Å². The molecule has 0 aromatic heterocycles. The fraction of sp³-hybridized carbons (Fsp3) is 0.429. The van der Waals surface area contributed by atoms with Gasteiger partial charge in [-0.25, -0.2) is 8.78 Å². The average molecular weight is 627 g/mol. The van der Waals surface area contributed by atoms with Gasteiger partial charge < -0.3 is 10.6 Å². The summed E-state index contributed by atoms with van der Waals surface area (Å²) in [4.78, 5) is 14.3. The normalized spacial score (nSPS) is 22.3. The zero-order valence-corrected chi connectivity index (χ0v) is 27.2. The summed E-state index contributed by atoms with van der Waals surface area (Å²) in [7, 11) is 0. The van der Waals surface area contributed by atoms with E-state index in [2.05, 4.69) is 43.5 Å². The van der Waals surface area contributed by atoms with Gasteiger partial charge in [-0.3, -0.25) is 4.79 Å². The molecule has 43 heavy (non-hydrogen) atoms. The molecule has 0 aliphatic carbocycles. The van der Waals surface area contributed by atoms with Crippen molar-refractivity contribution in [2.45, 2.75) is 90.1 Å². The summed E-state index contributed by atoms with van der Waals surface area (Å²) < 4.78 is 31.7. The van der Waals surface area contributed by atoms with E-state index in [9.17, 15) is 10.1 Å². The molecule has 3 aromatic carbocycles. The van der Waals surface area contributed by atoms with Crippen molar-refractivity contribution in [2.24, 2.45) is 5.41 Å². The summed E-state index contributed by atoms with van der Waals surface area (Å²) in [6, 6.07) is 15.1. The van der Waals surface area contributed by atoms with Crippen LogP contribution in [0.2, 0.25) is 10.0 Å². The lowest BCUT2D eigenvalue weighted by Gasteiger charge is -2.37. The second-order valence-corrected chi connectivity index (χ2v) is 14.5. The van der Waals surface area contributed by atoms with Crippen molar-refractivity contribution in [2.75, 3.05) is 5.32 Å². The van der Waals surface area contributed by atoms with Crippen LogP contribution < -0.4 is 10.6 Å². The van der Waals surface area contributed by atoms with Crippen molar-refractivity contribution in [3.63, 3.8) is 0 Å². The third-order valence-electron chi connectivity index (χ3n) is 8.34. The van der Waals surface area contributed by atoms with Crippen LogP contribution in [0.3, 0.4) is 0 Å². The summed E-state index contributed by atoms with van der Waals surface area (Å²) in [5, 5.41) is 17.5. The number of nitrogens with zero attached hydrogens (tertiary/aromatic N) is 1. The van der Waals surface area contributed by atoms with E-state index in [1.165, 1.54) is 24.3 Å². The van der Waals surface area contributed by atoms with Gasteiger partial charge >= 0.3 is 0 Å². The van der Waals surface area contributed by atoms with Gasteiger partial charge in [-0.05, 0) is 64.6 Å². The number of anilines is 1. The topological polar surface area (TPSA) is 64.9 Å². The molecule has 1 heterocycles. The van der Waals surface area contributed by atoms with E-state index in [1.807, 2.05) is 39.8 Å². The van der Waals surface area contributed by atoms with Crippen LogP contribution in [0.15, 0.2) is 54.6 Å². The average Bonchev–Trinajstić information content (AvgIpc) is 3.22. The number of rotatable bonds is 6. The van der Waals surface area contributed by atoms with Crippen LogP contribution in [-0.2, 0) is 22.0 Å². The minimum atomic E-state index is -1.68. The third kappa shape index (κ3) is 6.45. The van der Waals surface area contributed by atoms with Crippen molar-refractivity contribution < 1.29 is 13.6 Å². The molecule has 3 aromatic rings. The highest BCUT2D eigenvalue weighted by Gasteiger charge is 2.61. The van der Waals surface area contributed by atoms with Gasteiger partial charge in [0.05, 0.1) is 17.1 Å². The standard InChI is InChI=1S/C35H39Cl2F2N3O/c1-8-20-16-21(34(5,6)7)12-15-27(20)41-32(43)31-29(23-10-9-11-25(37)30(23)39)35(19-40,28(42-31)18-33(2,3)4)24-14-13-22(36)17-26(24)38/h9-17,28-29,31,42H,8,18H2,1-7H3,(H,41,43)/t28-,29-,31+,35-/m0/s1. The number of hydrogen-bond donors (Lipinski definition) is 2. The van der Waals surface area contributed by atoms with Crippen molar-refractivity contribution in [3.05, 3.63) is 98.5 Å². The number of amides is 1. The summed E-state index contributed by atoms with van der Waals surface area (Å²) in [5.74, 6) is -3.02. The van der Waals surface area contributed by atoms with Crippen LogP contribution >= 0.6 is 23.2 Å². The number of carbonyl (C=O) groups is 1. The van der Waals surface area contributed by atoms with Gasteiger partial charge in [-0.1, -0.05) is 102 Å². The van der Waals surface area contributed by atoms with E-state index in [4.69, 9.17) is 23.2 Å². The van der Waals surface area contributed by atoms with Crippen LogP contribution in [0, 0.1) is 28.4 Å². The molecule has 2 N–H and O–H groups in total. The molecule has 0 radical (unpaired) electrons. The maximum absolute atomic E-state index is 15.9. The Kier molecular flexibility index (Phi) is 9.33. The van der Waals surface area contributed by atoms with Crippen LogP contribution in [0.25, 0.3) is 0 Å². The number of benzene rings is 3. The molecule has 1 fully saturated rings. The maximum Gasteiger partial charge on any atom is 0.242 e. The Morgan fingerprint density at radius 3 is 2.33 bits per heavy atom. The number of hydrogen-bond acceptors (Lipinski definition) is 3. The van der Waals surface area contributed by atoms with Crippen molar-refractivity contribution >= 4 is 34.8 Å². The van der Waals surface area contributed by atoms with E-state index < -0.39 is 41.0 Å². The van der Waals surface area contributed by atoms with Gasteiger partial charge in [0.15, 0.2) is 0 Å². The molecule has 1 aliphatic heterocycles. The lowest BCUT2D eigenvalue weighted by Crippen LogP contribution is -2.45. The Bertz CT molecular complexity index is 1570. The Labute approximate surface area is 263 Å². The van der Waals surface area contributed by atoms with Gasteiger partial charge in [0.2, 0.25) is 5.91 Å². The molecule has 0 bridgehead atoms. The minimum Gasteiger partial charge on any atom is -0.324 e. The summed E-state index contributed by atoms with van der Waals surface area (Å²) in [5.41, 5.74) is 0.730. The highest BCUT2D eigenvalue weighted by molar-refractivity contribution is 6.31. The summed E-state index contributed by atoms with van der Waals surface area (Å²) in [6.07, 6.45) is 1.07. The molecule has 8 heteroatoms. The number of nitriles is 1. The lowest BCUT2D eigenvalue weighted by molar-refractivity contribution is -0.118. The van der Waals surface area contributed by atoms with Gasteiger partial charge in [0, 0.05) is 28.2 Å². The first-order valence-corrected chi connectivity index (χ1v) is 15.3. The second kappa shape index (κ2) is 12.2. The monoisotopic (exact) mass is 625 g/mol. The van der Waals surface area contributed by atoms with Crippen LogP contribution in [0.1, 0.15) is 83.1 Å². The Hall–Kier alpha value is -2.98. The number of halogens is 4. The first-order valence-electron chi connectivity index (χ1n) is 14.5. The third-order valence-corrected chi connectivity index (χ3v) is 8.87. The fourth-order valence-corrected chi connectivity index (χ4v) is 6.58. The minimum absolute atomic E-state index is 0.0459. The molecule has 1 aliphatic rings. The van der Waals surface area contributed by atoms with Crippen LogP contribution in [0.5, 0.6) is 0 Å². The second-order valence-electron chi connectivity index (χ2n) is 13.7. The highest BCUT2D eigenvalue weighted by Crippen LogP contribution is 2.53. The molecule has 1 saturated heterocycles. The molecule has 1 amide bonds. The first kappa shape index (κ1) is 32.9. The van der Waals surface area contributed by atoms with Crippen molar-refractivity contribution in [1.82, 2.24) is 5.32 Å². The van der Waals surface area contributed by atoms with Gasteiger partial charge in [0.1, 0.15) is 17.0 Å². The summed E-state index contributed by atoms with van der Waals surface area (Å²) >= 11 is 12.4. The molecule has 0 saturated carbocycles. The van der Waals surface area contributed by atoms with Crippen LogP contribution in [0.4, 0.5) is 14.5 Å². The number of nitrogens with one attached hydrogen (secondary N) is 2. The molecule has 228 valence electrons. The Morgan fingerprint density at radius 2 is 1.74 bits per heavy atom. The number of aryl methyl sites for hydroxylation is 1. The molecule has 4 atom stereocenters. The summed E-state index contributed by atoms with van der Waals surface area (Å²) in [6.45, 7) is 14.4. The fourth-order valence-electron chi connectivity index (χ4n) is 6.24. The maximum atomic E-state index is 15.9. The van der Waals surface area contributed by atoms with Gasteiger partial charge in [0.25, 0.3) is 0 Å². The molecular formula is C35H39Cl2F2N3O. The van der Waals surface area contributed by atoms with E-state index >= 15 is 8.78 Å². The first-order chi connectivity index (χ1) is 20.0. The quantitative estimate of drug-likeness (QED) is 0.287. The Morgan fingerprint density at radius 1 is 1.05 bits per heavy atom. The molecule has 4 rings (SSSR count). The highest BCUT2D eigenvalue weighted by atomic mass is 35.5. The van der Waals surface area contributed by atoms with Crippen LogP contribution in [-0.4, -0.2) is 18.0 Å². The number of carbonyl (C=O) groups excluding carboxylic acids is 1. The van der Waals surface area contributed by atoms with Gasteiger partial charge in [-0.15, -0.1) is 0 Å². The molecular weight excluding hydrogens is 587 g/mol. The zero-order valence-electron chi connectivity index (χ0n) is 25.7. The predicted molar refractivity (Wildman–Crippen MR) is 171 cm³/mol. The zero-order chi connectivity index (χ0) is 31.9. The SMILES string of the molecule is CCc1cc(C(C)(C)C)ccc1NC(=O)[C@@H]1N[C@@H](CC(C)(C)C)[C@](C#N)(c2ccc(Cl)cc2F)[C@H]1c1cccc(Cl)c1F. The molecule has 0 unspecified atom stereocenters. The van der Waals surface area contributed by atoms with Crippen molar-refractivity contribution in [3.8, 4) is 6.07 Å². The smallest absolute Gasteiger partial charge is 0.242 e. The van der Waals surface area contributed by atoms with Gasteiger partial charge in [-0.2, -0.15) is 5.26 Å². The largest absolute Gasteiger partial charge is 0.324 e. The predicted octanol–water partition coefficient (Wildman–Crippen LogP) is 9.09. The molecule has 0 spiro atoms. The van der Waals surface area contributed by atoms with E-state index in [1.54, 1.807) is 6.07 Å². The molecule has 4 nitrogen and oxygen atoms in total.